The van der Waals surface area contributed by atoms with Gasteiger partial charge in [-0.15, -0.1) is 0 Å². The van der Waals surface area contributed by atoms with Crippen LogP contribution in [0.2, 0.25) is 0 Å². The number of hydrogen-bond acceptors (Lipinski definition) is 5. The molecule has 6 nitrogen and oxygen atoms in total. The van der Waals surface area contributed by atoms with Crippen LogP contribution in [-0.2, 0) is 15.8 Å². The molecule has 0 spiro atoms. The first kappa shape index (κ1) is 15.1. The molecule has 0 fully saturated rings. The second-order valence-electron chi connectivity index (χ2n) is 5.15. The first-order valence-electron chi connectivity index (χ1n) is 5.74. The van der Waals surface area contributed by atoms with Crippen LogP contribution in [0.5, 0.6) is 0 Å². The molecule has 7 heteroatoms. The van der Waals surface area contributed by atoms with Gasteiger partial charge in [0.1, 0.15) is 17.2 Å². The van der Waals surface area contributed by atoms with E-state index in [2.05, 4.69) is 9.88 Å². The zero-order valence-electron chi connectivity index (χ0n) is 10.9. The second kappa shape index (κ2) is 5.81. The van der Waals surface area contributed by atoms with Gasteiger partial charge in [0.25, 0.3) is 0 Å². The molecule has 18 heavy (non-hydrogen) atoms. The molecule has 0 aliphatic rings. The second-order valence-corrected chi connectivity index (χ2v) is 6.95. The van der Waals surface area contributed by atoms with Crippen molar-refractivity contribution < 1.29 is 18.0 Å². The van der Waals surface area contributed by atoms with Crippen LogP contribution < -0.4 is 4.72 Å². The number of sulfonamides is 1. The molecule has 2 N–H and O–H groups in total. The SMILES string of the molecule is Cc1cc(CS(=O)(=O)NCC(C)(C)CCO)no1. The molecule has 0 amide bonds. The van der Waals surface area contributed by atoms with Crippen molar-refractivity contribution in [3.63, 3.8) is 0 Å². The third kappa shape index (κ3) is 5.16. The minimum absolute atomic E-state index is 0.0389. The lowest BCUT2D eigenvalue weighted by molar-refractivity contribution is 0.213. The lowest BCUT2D eigenvalue weighted by Crippen LogP contribution is -2.35. The van der Waals surface area contributed by atoms with E-state index in [1.807, 2.05) is 13.8 Å². The van der Waals surface area contributed by atoms with Crippen LogP contribution in [0.3, 0.4) is 0 Å². The number of aromatic nitrogens is 1. The van der Waals surface area contributed by atoms with Gasteiger partial charge in [-0.05, 0) is 18.8 Å². The quantitative estimate of drug-likeness (QED) is 0.769. The molecule has 1 heterocycles. The molecule has 104 valence electrons. The lowest BCUT2D eigenvalue weighted by Gasteiger charge is -2.23. The fourth-order valence-corrected chi connectivity index (χ4v) is 2.67. The van der Waals surface area contributed by atoms with Crippen molar-refractivity contribution in [1.82, 2.24) is 9.88 Å². The van der Waals surface area contributed by atoms with Crippen molar-refractivity contribution in [3.05, 3.63) is 17.5 Å². The monoisotopic (exact) mass is 276 g/mol. The summed E-state index contributed by atoms with van der Waals surface area (Å²) in [5.74, 6) is 0.389. The standard InChI is InChI=1S/C11H20N2O4S/c1-9-6-10(13-17-9)7-18(15,16)12-8-11(2,3)4-5-14/h6,12,14H,4-5,7-8H2,1-3H3. The maximum atomic E-state index is 11.8. The average molecular weight is 276 g/mol. The molecule has 0 saturated carbocycles. The van der Waals surface area contributed by atoms with Crippen LogP contribution >= 0.6 is 0 Å². The van der Waals surface area contributed by atoms with Crippen LogP contribution in [0.25, 0.3) is 0 Å². The van der Waals surface area contributed by atoms with Crippen LogP contribution in [0, 0.1) is 12.3 Å². The van der Waals surface area contributed by atoms with Crippen molar-refractivity contribution in [2.45, 2.75) is 32.9 Å². The normalized spacial score (nSPS) is 12.9. The van der Waals surface area contributed by atoms with Gasteiger partial charge in [-0.2, -0.15) is 0 Å². The third-order valence-corrected chi connectivity index (χ3v) is 3.83. The van der Waals surface area contributed by atoms with Crippen molar-refractivity contribution in [3.8, 4) is 0 Å². The molecule has 0 saturated heterocycles. The summed E-state index contributed by atoms with van der Waals surface area (Å²) in [6.45, 7) is 5.82. The third-order valence-electron chi connectivity index (χ3n) is 2.57. The van der Waals surface area contributed by atoms with Crippen LogP contribution in [0.15, 0.2) is 10.6 Å². The van der Waals surface area contributed by atoms with E-state index in [1.165, 1.54) is 0 Å². The fraction of sp³-hybridized carbons (Fsp3) is 0.727. The number of hydrogen-bond donors (Lipinski definition) is 2. The van der Waals surface area contributed by atoms with Crippen LogP contribution in [0.1, 0.15) is 31.7 Å². The summed E-state index contributed by atoms with van der Waals surface area (Å²) in [7, 11) is -3.43. The topological polar surface area (TPSA) is 92.4 Å². The van der Waals surface area contributed by atoms with E-state index in [1.54, 1.807) is 13.0 Å². The average Bonchev–Trinajstić information content (AvgIpc) is 2.61. The van der Waals surface area contributed by atoms with Gasteiger partial charge in [-0.25, -0.2) is 13.1 Å². The number of rotatable bonds is 7. The number of aliphatic hydroxyl groups is 1. The van der Waals surface area contributed by atoms with Crippen molar-refractivity contribution >= 4 is 10.0 Å². The summed E-state index contributed by atoms with van der Waals surface area (Å²) < 4.78 is 31.0. The van der Waals surface area contributed by atoms with E-state index in [0.717, 1.165) is 0 Å². The van der Waals surface area contributed by atoms with E-state index in [-0.39, 0.29) is 24.3 Å². The highest BCUT2D eigenvalue weighted by Gasteiger charge is 2.21. The van der Waals surface area contributed by atoms with Gasteiger partial charge in [0, 0.05) is 19.2 Å². The van der Waals surface area contributed by atoms with Gasteiger partial charge in [0.05, 0.1) is 0 Å². The van der Waals surface area contributed by atoms with E-state index in [0.29, 0.717) is 17.9 Å². The Morgan fingerprint density at radius 1 is 1.50 bits per heavy atom. The summed E-state index contributed by atoms with van der Waals surface area (Å²) in [5.41, 5.74) is 0.113. The molecule has 1 aromatic heterocycles. The van der Waals surface area contributed by atoms with Crippen LogP contribution in [-0.4, -0.2) is 31.8 Å². The minimum Gasteiger partial charge on any atom is -0.396 e. The highest BCUT2D eigenvalue weighted by molar-refractivity contribution is 7.88. The smallest absolute Gasteiger partial charge is 0.217 e. The molecule has 1 aromatic rings. The molecule has 1 rings (SSSR count). The van der Waals surface area contributed by atoms with Gasteiger partial charge in [-0.3, -0.25) is 0 Å². The number of aryl methyl sites for hydroxylation is 1. The Kier molecular flexibility index (Phi) is 4.89. The molecule has 0 unspecified atom stereocenters. The van der Waals surface area contributed by atoms with E-state index in [4.69, 9.17) is 9.63 Å². The number of nitrogens with one attached hydrogen (secondary N) is 1. The highest BCUT2D eigenvalue weighted by atomic mass is 32.2. The van der Waals surface area contributed by atoms with E-state index in [9.17, 15) is 8.42 Å². The summed E-state index contributed by atoms with van der Waals surface area (Å²) in [4.78, 5) is 0. The maximum Gasteiger partial charge on any atom is 0.217 e. The zero-order chi connectivity index (χ0) is 13.8. The lowest BCUT2D eigenvalue weighted by atomic mass is 9.90. The summed E-state index contributed by atoms with van der Waals surface area (Å²) in [6.07, 6.45) is 0.540. The first-order valence-corrected chi connectivity index (χ1v) is 7.40. The Bertz CT molecular complexity index is 479. The van der Waals surface area contributed by atoms with Gasteiger partial charge in [0.15, 0.2) is 0 Å². The van der Waals surface area contributed by atoms with Crippen molar-refractivity contribution in [1.29, 1.82) is 0 Å². The molecule has 0 aliphatic carbocycles. The molecular weight excluding hydrogens is 256 g/mol. The Hall–Kier alpha value is -0.920. The van der Waals surface area contributed by atoms with E-state index >= 15 is 0 Å². The Labute approximate surface area is 107 Å². The predicted octanol–water partition coefficient (Wildman–Crippen LogP) is 0.811. The van der Waals surface area contributed by atoms with Crippen LogP contribution in [0.4, 0.5) is 0 Å². The largest absolute Gasteiger partial charge is 0.396 e. The zero-order valence-corrected chi connectivity index (χ0v) is 11.7. The Balaban J connectivity index is 2.55. The van der Waals surface area contributed by atoms with Gasteiger partial charge in [0.2, 0.25) is 10.0 Å². The Morgan fingerprint density at radius 2 is 2.17 bits per heavy atom. The Morgan fingerprint density at radius 3 is 2.67 bits per heavy atom. The molecule has 0 aromatic carbocycles. The summed E-state index contributed by atoms with van der Waals surface area (Å²) in [6, 6.07) is 1.60. The first-order chi connectivity index (χ1) is 8.24. The number of aliphatic hydroxyl groups excluding tert-OH is 1. The van der Waals surface area contributed by atoms with Gasteiger partial charge < -0.3 is 9.63 Å². The summed E-state index contributed by atoms with van der Waals surface area (Å²) >= 11 is 0. The maximum absolute atomic E-state index is 11.8. The molecular formula is C11H20N2O4S. The van der Waals surface area contributed by atoms with Crippen molar-refractivity contribution in [2.75, 3.05) is 13.2 Å². The highest BCUT2D eigenvalue weighted by Crippen LogP contribution is 2.18. The molecule has 0 bridgehead atoms. The predicted molar refractivity (Wildman–Crippen MR) is 67.4 cm³/mol. The van der Waals surface area contributed by atoms with Gasteiger partial charge in [-0.1, -0.05) is 19.0 Å². The minimum atomic E-state index is -3.43. The van der Waals surface area contributed by atoms with E-state index < -0.39 is 10.0 Å². The molecule has 0 atom stereocenters. The van der Waals surface area contributed by atoms with Gasteiger partial charge >= 0.3 is 0 Å². The molecule has 0 radical (unpaired) electrons. The summed E-state index contributed by atoms with van der Waals surface area (Å²) in [5, 5.41) is 12.5. The van der Waals surface area contributed by atoms with Crippen molar-refractivity contribution in [2.24, 2.45) is 5.41 Å². The fourth-order valence-electron chi connectivity index (χ4n) is 1.43. The molecule has 0 aliphatic heterocycles. The number of nitrogens with zero attached hydrogens (tertiary/aromatic N) is 1.